The fourth-order valence-corrected chi connectivity index (χ4v) is 2.97. The lowest BCUT2D eigenvalue weighted by Crippen LogP contribution is -2.03. The van der Waals surface area contributed by atoms with Crippen LogP contribution in [0.1, 0.15) is 28.4 Å². The van der Waals surface area contributed by atoms with Crippen molar-refractivity contribution < 1.29 is 5.11 Å². The number of hydrogen-bond donors (Lipinski definition) is 1. The van der Waals surface area contributed by atoms with Gasteiger partial charge in [0, 0.05) is 14.5 Å². The first-order chi connectivity index (χ1) is 8.50. The van der Waals surface area contributed by atoms with Gasteiger partial charge in [0.05, 0.1) is 0 Å². The van der Waals surface area contributed by atoms with E-state index in [1.165, 1.54) is 0 Å². The number of rotatable bonds is 2. The van der Waals surface area contributed by atoms with Crippen molar-refractivity contribution in [2.75, 3.05) is 0 Å². The Morgan fingerprint density at radius 1 is 0.889 bits per heavy atom. The highest BCUT2D eigenvalue weighted by molar-refractivity contribution is 9.11. The molecular weight excluding hydrogens is 356 g/mol. The molecule has 0 aliphatic heterocycles. The summed E-state index contributed by atoms with van der Waals surface area (Å²) < 4.78 is 1.94. The summed E-state index contributed by atoms with van der Waals surface area (Å²) in [5.41, 5.74) is 4.05. The SMILES string of the molecule is Cc1cc(Br)c(C(O)c2ccccc2C)cc1Br. The largest absolute Gasteiger partial charge is 0.384 e. The van der Waals surface area contributed by atoms with E-state index in [-0.39, 0.29) is 0 Å². The van der Waals surface area contributed by atoms with E-state index in [1.54, 1.807) is 0 Å². The molecular formula is C15H14Br2O. The third kappa shape index (κ3) is 2.68. The standard InChI is InChI=1S/C15H14Br2O/c1-9-5-3-4-6-11(9)15(18)12-8-13(16)10(2)7-14(12)17/h3-8,15,18H,1-2H3. The molecule has 0 fully saturated rings. The number of halogens is 2. The molecule has 2 aromatic rings. The second-order valence-electron chi connectivity index (χ2n) is 4.38. The van der Waals surface area contributed by atoms with Crippen LogP contribution in [0.2, 0.25) is 0 Å². The Morgan fingerprint density at radius 3 is 2.22 bits per heavy atom. The van der Waals surface area contributed by atoms with Crippen LogP contribution < -0.4 is 0 Å². The Kier molecular flexibility index (Phi) is 4.25. The minimum Gasteiger partial charge on any atom is -0.384 e. The van der Waals surface area contributed by atoms with Crippen molar-refractivity contribution in [2.45, 2.75) is 20.0 Å². The highest BCUT2D eigenvalue weighted by Gasteiger charge is 2.16. The third-order valence-corrected chi connectivity index (χ3v) is 4.60. The lowest BCUT2D eigenvalue weighted by Gasteiger charge is -2.16. The maximum absolute atomic E-state index is 10.5. The van der Waals surface area contributed by atoms with Crippen LogP contribution in [-0.2, 0) is 0 Å². The van der Waals surface area contributed by atoms with Crippen molar-refractivity contribution in [1.29, 1.82) is 0 Å². The molecule has 0 bridgehead atoms. The van der Waals surface area contributed by atoms with Gasteiger partial charge in [0.1, 0.15) is 6.10 Å². The fraction of sp³-hybridized carbons (Fsp3) is 0.200. The van der Waals surface area contributed by atoms with E-state index in [0.29, 0.717) is 0 Å². The maximum Gasteiger partial charge on any atom is 0.105 e. The third-order valence-electron chi connectivity index (χ3n) is 3.06. The van der Waals surface area contributed by atoms with Crippen LogP contribution in [0.15, 0.2) is 45.3 Å². The van der Waals surface area contributed by atoms with Crippen LogP contribution in [0.25, 0.3) is 0 Å². The van der Waals surface area contributed by atoms with Gasteiger partial charge in [0.25, 0.3) is 0 Å². The number of hydrogen-bond acceptors (Lipinski definition) is 1. The average molecular weight is 370 g/mol. The van der Waals surface area contributed by atoms with Crippen molar-refractivity contribution in [2.24, 2.45) is 0 Å². The predicted octanol–water partition coefficient (Wildman–Crippen LogP) is 4.91. The molecule has 1 N–H and O–H groups in total. The van der Waals surface area contributed by atoms with E-state index < -0.39 is 6.10 Å². The summed E-state index contributed by atoms with van der Waals surface area (Å²) in [6.45, 7) is 4.04. The highest BCUT2D eigenvalue weighted by Crippen LogP contribution is 2.33. The Bertz CT molecular complexity index is 579. The van der Waals surface area contributed by atoms with E-state index in [9.17, 15) is 5.11 Å². The second kappa shape index (κ2) is 5.55. The van der Waals surface area contributed by atoms with E-state index in [0.717, 1.165) is 31.2 Å². The first kappa shape index (κ1) is 13.8. The van der Waals surface area contributed by atoms with E-state index in [1.807, 2.05) is 50.2 Å². The normalized spacial score (nSPS) is 12.5. The topological polar surface area (TPSA) is 20.2 Å². The fourth-order valence-electron chi connectivity index (χ4n) is 1.93. The smallest absolute Gasteiger partial charge is 0.105 e. The summed E-state index contributed by atoms with van der Waals surface area (Å²) >= 11 is 7.03. The van der Waals surface area contributed by atoms with Gasteiger partial charge in [0.15, 0.2) is 0 Å². The summed E-state index contributed by atoms with van der Waals surface area (Å²) in [6, 6.07) is 11.9. The number of aliphatic hydroxyl groups excluding tert-OH is 1. The van der Waals surface area contributed by atoms with Gasteiger partial charge in [-0.05, 0) is 42.7 Å². The predicted molar refractivity (Wildman–Crippen MR) is 81.8 cm³/mol. The molecule has 1 unspecified atom stereocenters. The van der Waals surface area contributed by atoms with Crippen molar-refractivity contribution in [3.8, 4) is 0 Å². The van der Waals surface area contributed by atoms with Crippen LogP contribution in [0.4, 0.5) is 0 Å². The summed E-state index contributed by atoms with van der Waals surface area (Å²) in [5, 5.41) is 10.5. The van der Waals surface area contributed by atoms with Gasteiger partial charge >= 0.3 is 0 Å². The second-order valence-corrected chi connectivity index (χ2v) is 6.09. The van der Waals surface area contributed by atoms with Crippen LogP contribution in [0, 0.1) is 13.8 Å². The minimum atomic E-state index is -0.613. The van der Waals surface area contributed by atoms with Crippen molar-refractivity contribution in [3.63, 3.8) is 0 Å². The van der Waals surface area contributed by atoms with E-state index in [2.05, 4.69) is 31.9 Å². The molecule has 0 amide bonds. The Labute approximate surface area is 124 Å². The zero-order valence-corrected chi connectivity index (χ0v) is 13.4. The molecule has 0 aromatic heterocycles. The summed E-state index contributed by atoms with van der Waals surface area (Å²) in [6.07, 6.45) is -0.613. The average Bonchev–Trinajstić information content (AvgIpc) is 2.33. The Morgan fingerprint density at radius 2 is 1.56 bits per heavy atom. The molecule has 1 atom stereocenters. The van der Waals surface area contributed by atoms with Crippen LogP contribution in [0.3, 0.4) is 0 Å². The molecule has 2 aromatic carbocycles. The molecule has 94 valence electrons. The quantitative estimate of drug-likeness (QED) is 0.797. The van der Waals surface area contributed by atoms with Crippen molar-refractivity contribution in [3.05, 3.63) is 67.6 Å². The van der Waals surface area contributed by atoms with Gasteiger partial charge < -0.3 is 5.11 Å². The number of aryl methyl sites for hydroxylation is 2. The van der Waals surface area contributed by atoms with Gasteiger partial charge in [-0.15, -0.1) is 0 Å². The van der Waals surface area contributed by atoms with E-state index in [4.69, 9.17) is 0 Å². The lowest BCUT2D eigenvalue weighted by atomic mass is 9.97. The molecule has 3 heteroatoms. The number of benzene rings is 2. The summed E-state index contributed by atoms with van der Waals surface area (Å²) in [4.78, 5) is 0. The van der Waals surface area contributed by atoms with Crippen molar-refractivity contribution >= 4 is 31.9 Å². The molecule has 0 radical (unpaired) electrons. The first-order valence-electron chi connectivity index (χ1n) is 5.70. The Balaban J connectivity index is 2.50. The highest BCUT2D eigenvalue weighted by atomic mass is 79.9. The minimum absolute atomic E-state index is 0.613. The zero-order chi connectivity index (χ0) is 13.3. The van der Waals surface area contributed by atoms with Gasteiger partial charge in [-0.2, -0.15) is 0 Å². The molecule has 0 aliphatic rings. The number of aliphatic hydroxyl groups is 1. The molecule has 0 aliphatic carbocycles. The molecule has 18 heavy (non-hydrogen) atoms. The molecule has 0 heterocycles. The first-order valence-corrected chi connectivity index (χ1v) is 7.28. The van der Waals surface area contributed by atoms with Gasteiger partial charge in [-0.25, -0.2) is 0 Å². The summed E-state index contributed by atoms with van der Waals surface area (Å²) in [7, 11) is 0. The van der Waals surface area contributed by atoms with Crippen molar-refractivity contribution in [1.82, 2.24) is 0 Å². The van der Waals surface area contributed by atoms with Crippen LogP contribution >= 0.6 is 31.9 Å². The molecule has 0 saturated heterocycles. The molecule has 1 nitrogen and oxygen atoms in total. The van der Waals surface area contributed by atoms with Gasteiger partial charge in [0.2, 0.25) is 0 Å². The van der Waals surface area contributed by atoms with Gasteiger partial charge in [-0.1, -0.05) is 56.1 Å². The zero-order valence-electron chi connectivity index (χ0n) is 10.2. The molecule has 2 rings (SSSR count). The Hall–Kier alpha value is -0.640. The lowest BCUT2D eigenvalue weighted by molar-refractivity contribution is 0.218. The van der Waals surface area contributed by atoms with Crippen LogP contribution in [0.5, 0.6) is 0 Å². The van der Waals surface area contributed by atoms with E-state index >= 15 is 0 Å². The maximum atomic E-state index is 10.5. The van der Waals surface area contributed by atoms with Crippen LogP contribution in [-0.4, -0.2) is 5.11 Å². The monoisotopic (exact) mass is 368 g/mol. The van der Waals surface area contributed by atoms with Gasteiger partial charge in [-0.3, -0.25) is 0 Å². The molecule has 0 spiro atoms. The molecule has 0 saturated carbocycles. The summed E-state index contributed by atoms with van der Waals surface area (Å²) in [5.74, 6) is 0.